The molecule has 56 heavy (non-hydrogen) atoms. The summed E-state index contributed by atoms with van der Waals surface area (Å²) in [6.45, 7) is 0. The largest absolute Gasteiger partial charge is 0.313 e. The van der Waals surface area contributed by atoms with Crippen molar-refractivity contribution in [2.45, 2.75) is 32.1 Å². The summed E-state index contributed by atoms with van der Waals surface area (Å²) in [5, 5.41) is 5.11. The first-order valence-electron chi connectivity index (χ1n) is 20.0. The Kier molecular flexibility index (Phi) is 7.91. The summed E-state index contributed by atoms with van der Waals surface area (Å²) in [6.07, 6.45) is 19.1. The Balaban J connectivity index is 0.984. The van der Waals surface area contributed by atoms with Gasteiger partial charge in [0.25, 0.3) is 0 Å². The summed E-state index contributed by atoms with van der Waals surface area (Å²) in [5.41, 5.74) is 16.3. The van der Waals surface area contributed by atoms with Gasteiger partial charge in [-0.2, -0.15) is 0 Å². The number of rotatable bonds is 6. The van der Waals surface area contributed by atoms with Gasteiger partial charge in [-0.05, 0) is 96.5 Å². The van der Waals surface area contributed by atoms with E-state index in [1.54, 1.807) is 0 Å². The van der Waals surface area contributed by atoms with Gasteiger partial charge in [-0.15, -0.1) is 0 Å². The van der Waals surface area contributed by atoms with Crippen LogP contribution in [0.5, 0.6) is 0 Å². The second-order valence-electron chi connectivity index (χ2n) is 15.3. The maximum absolute atomic E-state index is 5.33. The molecule has 6 aromatic carbocycles. The summed E-state index contributed by atoms with van der Waals surface area (Å²) in [7, 11) is 0. The molecule has 3 aliphatic rings. The smallest absolute Gasteiger partial charge is 0.0671 e. The van der Waals surface area contributed by atoms with Gasteiger partial charge in [-0.3, -0.25) is 4.99 Å². The molecule has 3 nitrogen and oxygen atoms in total. The van der Waals surface area contributed by atoms with E-state index in [0.717, 1.165) is 37.8 Å². The molecule has 0 spiro atoms. The molecule has 0 amide bonds. The molecule has 1 aliphatic heterocycles. The van der Waals surface area contributed by atoms with Crippen LogP contribution in [0, 0.1) is 5.92 Å². The van der Waals surface area contributed by atoms with Crippen molar-refractivity contribution < 1.29 is 0 Å². The summed E-state index contributed by atoms with van der Waals surface area (Å²) < 4.78 is 4.90. The Labute approximate surface area is 327 Å². The van der Waals surface area contributed by atoms with Crippen molar-refractivity contribution in [3.8, 4) is 16.8 Å². The molecule has 0 N–H and O–H groups in total. The summed E-state index contributed by atoms with van der Waals surface area (Å²) in [5.74, 6) is 0.378. The Bertz CT molecular complexity index is 3030. The van der Waals surface area contributed by atoms with Crippen LogP contribution in [0.3, 0.4) is 0 Å². The number of benzene rings is 6. The van der Waals surface area contributed by atoms with E-state index in [0.29, 0.717) is 5.92 Å². The van der Waals surface area contributed by atoms with Gasteiger partial charge in [-0.1, -0.05) is 139 Å². The Morgan fingerprint density at radius 2 is 1.18 bits per heavy atom. The number of fused-ring (bicyclic) bond motifs is 6. The monoisotopic (exact) mass is 719 g/mol. The SMILES string of the molecule is C1=CCCC(C2C=C(c3ccccc3)N=C(C3=CC=C(n4c5ccccc5c5cc(-c6ccc7c8ccccc8n(-c8ccccc8)c7c6)ccc54)CC3)C2)=C1. The lowest BCUT2D eigenvalue weighted by atomic mass is 9.82. The van der Waals surface area contributed by atoms with Gasteiger partial charge in [0.2, 0.25) is 0 Å². The van der Waals surface area contributed by atoms with Crippen LogP contribution in [0.2, 0.25) is 0 Å². The molecule has 268 valence electrons. The average Bonchev–Trinajstić information content (AvgIpc) is 3.79. The minimum atomic E-state index is 0.378. The highest BCUT2D eigenvalue weighted by atomic mass is 15.0. The molecule has 0 saturated carbocycles. The fourth-order valence-corrected chi connectivity index (χ4v) is 9.35. The maximum Gasteiger partial charge on any atom is 0.0671 e. The predicted octanol–water partition coefficient (Wildman–Crippen LogP) is 13.9. The number of nitrogens with zero attached hydrogens (tertiary/aromatic N) is 3. The van der Waals surface area contributed by atoms with Crippen molar-refractivity contribution in [3.05, 3.63) is 199 Å². The first kappa shape index (κ1) is 32.7. The van der Waals surface area contributed by atoms with Gasteiger partial charge in [0.1, 0.15) is 0 Å². The van der Waals surface area contributed by atoms with E-state index in [1.807, 2.05) is 0 Å². The fraction of sp³-hybridized carbons (Fsp3) is 0.113. The van der Waals surface area contributed by atoms with Crippen LogP contribution in [0.15, 0.2) is 198 Å². The molecule has 0 fully saturated rings. The van der Waals surface area contributed by atoms with Crippen LogP contribution in [0.25, 0.3) is 71.8 Å². The molecule has 0 saturated heterocycles. The van der Waals surface area contributed by atoms with Crippen LogP contribution in [0.4, 0.5) is 0 Å². The van der Waals surface area contributed by atoms with Gasteiger partial charge < -0.3 is 9.13 Å². The van der Waals surface area contributed by atoms with Crippen molar-refractivity contribution in [2.24, 2.45) is 10.9 Å². The molecule has 0 bridgehead atoms. The van der Waals surface area contributed by atoms with Gasteiger partial charge in [0.05, 0.1) is 27.8 Å². The highest BCUT2D eigenvalue weighted by Gasteiger charge is 2.25. The third-order valence-corrected chi connectivity index (χ3v) is 12.1. The zero-order chi connectivity index (χ0) is 37.0. The second kappa shape index (κ2) is 13.5. The number of aromatic nitrogens is 2. The summed E-state index contributed by atoms with van der Waals surface area (Å²) in [4.78, 5) is 5.33. The highest BCUT2D eigenvalue weighted by Crippen LogP contribution is 2.41. The van der Waals surface area contributed by atoms with E-state index < -0.39 is 0 Å². The standard InChI is InChI=1S/C53H41N3/c1-4-14-36(15-5-1)41-33-48(37-16-6-2-7-17-37)54-49(34-41)38-24-28-43(29-25-38)55-51-23-13-11-21-45(51)47-32-39(27-31-52(47)55)40-26-30-46-44-20-10-12-22-50(44)56(53(46)35-40)42-18-8-3-9-19-42/h1-4,6-14,16-24,26-28,30-33,35,41H,5,15,25,29,34H2. The quantitative estimate of drug-likeness (QED) is 0.163. The summed E-state index contributed by atoms with van der Waals surface area (Å²) >= 11 is 0. The molecule has 1 atom stereocenters. The normalized spacial score (nSPS) is 17.2. The lowest BCUT2D eigenvalue weighted by Crippen LogP contribution is -2.18. The molecule has 0 radical (unpaired) electrons. The second-order valence-corrected chi connectivity index (χ2v) is 15.3. The molecule has 3 heteroatoms. The van der Waals surface area contributed by atoms with Crippen LogP contribution in [-0.2, 0) is 0 Å². The van der Waals surface area contributed by atoms with E-state index in [4.69, 9.17) is 4.99 Å². The molecule has 8 aromatic rings. The van der Waals surface area contributed by atoms with E-state index in [2.05, 4.69) is 191 Å². The van der Waals surface area contributed by atoms with Crippen molar-refractivity contribution in [1.29, 1.82) is 0 Å². The van der Waals surface area contributed by atoms with Crippen LogP contribution < -0.4 is 0 Å². The summed E-state index contributed by atoms with van der Waals surface area (Å²) in [6, 6.07) is 53.1. The van der Waals surface area contributed by atoms with E-state index in [1.165, 1.54) is 88.5 Å². The topological polar surface area (TPSA) is 22.2 Å². The number of aliphatic imine (C=N–C) groups is 1. The number of allylic oxidation sites excluding steroid dienone is 9. The minimum absolute atomic E-state index is 0.378. The Morgan fingerprint density at radius 3 is 1.95 bits per heavy atom. The van der Waals surface area contributed by atoms with E-state index in [-0.39, 0.29) is 0 Å². The first-order valence-corrected chi connectivity index (χ1v) is 20.0. The minimum Gasteiger partial charge on any atom is -0.313 e. The maximum atomic E-state index is 5.33. The van der Waals surface area contributed by atoms with E-state index >= 15 is 0 Å². The zero-order valence-corrected chi connectivity index (χ0v) is 31.3. The van der Waals surface area contributed by atoms with Crippen molar-refractivity contribution in [2.75, 3.05) is 0 Å². The fourth-order valence-electron chi connectivity index (χ4n) is 9.35. The molecule has 11 rings (SSSR count). The predicted molar refractivity (Wildman–Crippen MR) is 237 cm³/mol. The zero-order valence-electron chi connectivity index (χ0n) is 31.3. The Hall–Kier alpha value is -6.71. The number of hydrogen-bond acceptors (Lipinski definition) is 1. The van der Waals surface area contributed by atoms with Crippen molar-refractivity contribution in [1.82, 2.24) is 9.13 Å². The average molecular weight is 720 g/mol. The van der Waals surface area contributed by atoms with Gasteiger partial charge in [-0.25, -0.2) is 0 Å². The molecular formula is C53H41N3. The van der Waals surface area contributed by atoms with Crippen molar-refractivity contribution in [3.63, 3.8) is 0 Å². The lowest BCUT2D eigenvalue weighted by Gasteiger charge is -2.27. The third kappa shape index (κ3) is 5.54. The van der Waals surface area contributed by atoms with Crippen LogP contribution >= 0.6 is 0 Å². The number of hydrogen-bond donors (Lipinski definition) is 0. The highest BCUT2D eigenvalue weighted by molar-refractivity contribution is 6.13. The van der Waals surface area contributed by atoms with Gasteiger partial charge in [0.15, 0.2) is 0 Å². The van der Waals surface area contributed by atoms with Crippen molar-refractivity contribution >= 4 is 60.7 Å². The molecule has 1 unspecified atom stereocenters. The molecular weight excluding hydrogens is 679 g/mol. The first-order chi connectivity index (χ1) is 27.8. The Morgan fingerprint density at radius 1 is 0.500 bits per heavy atom. The third-order valence-electron chi connectivity index (χ3n) is 12.1. The van der Waals surface area contributed by atoms with Crippen LogP contribution in [-0.4, -0.2) is 14.8 Å². The molecule has 3 heterocycles. The molecule has 2 aromatic heterocycles. The van der Waals surface area contributed by atoms with Gasteiger partial charge >= 0.3 is 0 Å². The number of para-hydroxylation sites is 3. The van der Waals surface area contributed by atoms with E-state index in [9.17, 15) is 0 Å². The van der Waals surface area contributed by atoms with Crippen LogP contribution in [0.1, 0.15) is 37.7 Å². The van der Waals surface area contributed by atoms with Gasteiger partial charge in [0, 0.05) is 51.0 Å². The lowest BCUT2D eigenvalue weighted by molar-refractivity contribution is 0.725. The molecule has 2 aliphatic carbocycles.